The maximum atomic E-state index is 8.85. The van der Waals surface area contributed by atoms with Crippen LogP contribution in [0.4, 0.5) is 22.7 Å². The minimum atomic E-state index is 0.572. The molecule has 2 aromatic carbocycles. The van der Waals surface area contributed by atoms with Gasteiger partial charge in [-0.05, 0) is 55.3 Å². The summed E-state index contributed by atoms with van der Waals surface area (Å²) in [6.45, 7) is 2.30. The number of anilines is 4. The summed E-state index contributed by atoms with van der Waals surface area (Å²) in [6, 6.07) is 15.7. The van der Waals surface area contributed by atoms with Gasteiger partial charge in [0.25, 0.3) is 0 Å². The summed E-state index contributed by atoms with van der Waals surface area (Å²) in [5.41, 5.74) is 10.2. The van der Waals surface area contributed by atoms with E-state index < -0.39 is 0 Å². The molecule has 106 valence electrons. The molecule has 3 rings (SSSR count). The van der Waals surface area contributed by atoms with E-state index in [1.807, 2.05) is 6.07 Å². The Bertz CT molecular complexity index is 664. The zero-order valence-corrected chi connectivity index (χ0v) is 11.8. The molecule has 4 heteroatoms. The molecular formula is C17H18N4. The Morgan fingerprint density at radius 2 is 1.76 bits per heavy atom. The molecule has 1 aliphatic heterocycles. The molecule has 0 aromatic heterocycles. The maximum Gasteiger partial charge on any atom is 0.0992 e. The number of nitrogens with two attached hydrogens (primary N) is 1. The Morgan fingerprint density at radius 3 is 2.38 bits per heavy atom. The van der Waals surface area contributed by atoms with Gasteiger partial charge in [0.05, 0.1) is 23.0 Å². The first-order chi connectivity index (χ1) is 10.3. The monoisotopic (exact) mass is 278 g/mol. The second-order valence-electron chi connectivity index (χ2n) is 5.28. The van der Waals surface area contributed by atoms with Gasteiger partial charge in [-0.1, -0.05) is 0 Å². The third-order valence-electron chi connectivity index (χ3n) is 3.80. The average molecular weight is 278 g/mol. The Labute approximate surface area is 124 Å². The van der Waals surface area contributed by atoms with E-state index in [9.17, 15) is 0 Å². The number of nitriles is 1. The Hall–Kier alpha value is -2.67. The summed E-state index contributed by atoms with van der Waals surface area (Å²) in [4.78, 5) is 2.40. The van der Waals surface area contributed by atoms with Crippen molar-refractivity contribution >= 4 is 22.7 Å². The van der Waals surface area contributed by atoms with Gasteiger partial charge < -0.3 is 16.0 Å². The highest BCUT2D eigenvalue weighted by Gasteiger charge is 2.11. The van der Waals surface area contributed by atoms with Gasteiger partial charge in [0.15, 0.2) is 0 Å². The second-order valence-corrected chi connectivity index (χ2v) is 5.28. The highest BCUT2D eigenvalue weighted by atomic mass is 15.1. The maximum absolute atomic E-state index is 8.85. The van der Waals surface area contributed by atoms with E-state index in [1.54, 1.807) is 12.1 Å². The van der Waals surface area contributed by atoms with E-state index in [-0.39, 0.29) is 0 Å². The van der Waals surface area contributed by atoms with Crippen LogP contribution in [0.5, 0.6) is 0 Å². The van der Waals surface area contributed by atoms with E-state index in [4.69, 9.17) is 11.0 Å². The molecule has 0 amide bonds. The van der Waals surface area contributed by atoms with Crippen LogP contribution in [0.2, 0.25) is 0 Å². The molecule has 4 nitrogen and oxygen atoms in total. The molecule has 0 unspecified atom stereocenters. The van der Waals surface area contributed by atoms with Crippen LogP contribution in [0.1, 0.15) is 18.4 Å². The molecule has 0 bridgehead atoms. The highest BCUT2D eigenvalue weighted by Crippen LogP contribution is 2.26. The predicted octanol–water partition coefficient (Wildman–Crippen LogP) is 3.48. The number of rotatable bonds is 3. The van der Waals surface area contributed by atoms with Gasteiger partial charge in [-0.15, -0.1) is 0 Å². The van der Waals surface area contributed by atoms with Gasteiger partial charge in [0.1, 0.15) is 0 Å². The largest absolute Gasteiger partial charge is 0.397 e. The van der Waals surface area contributed by atoms with E-state index in [1.165, 1.54) is 18.5 Å². The van der Waals surface area contributed by atoms with Crippen molar-refractivity contribution in [1.82, 2.24) is 0 Å². The van der Waals surface area contributed by atoms with Crippen molar-refractivity contribution in [2.24, 2.45) is 0 Å². The molecule has 1 fully saturated rings. The summed E-state index contributed by atoms with van der Waals surface area (Å²) in [7, 11) is 0. The highest BCUT2D eigenvalue weighted by molar-refractivity contribution is 5.74. The fourth-order valence-corrected chi connectivity index (χ4v) is 2.63. The summed E-state index contributed by atoms with van der Waals surface area (Å²) < 4.78 is 0. The lowest BCUT2D eigenvalue weighted by molar-refractivity contribution is 0.949. The van der Waals surface area contributed by atoms with Gasteiger partial charge in [-0.2, -0.15) is 5.26 Å². The molecule has 0 saturated carbocycles. The normalized spacial score (nSPS) is 14.0. The van der Waals surface area contributed by atoms with Crippen LogP contribution >= 0.6 is 0 Å². The lowest BCUT2D eigenvalue weighted by Crippen LogP contribution is -2.17. The van der Waals surface area contributed by atoms with E-state index >= 15 is 0 Å². The summed E-state index contributed by atoms with van der Waals surface area (Å²) in [5.74, 6) is 0. The van der Waals surface area contributed by atoms with Crippen LogP contribution < -0.4 is 16.0 Å². The number of hydrogen-bond acceptors (Lipinski definition) is 4. The Kier molecular flexibility index (Phi) is 3.65. The van der Waals surface area contributed by atoms with Crippen molar-refractivity contribution in [2.75, 3.05) is 29.0 Å². The van der Waals surface area contributed by atoms with Crippen LogP contribution in [0.25, 0.3) is 0 Å². The van der Waals surface area contributed by atoms with E-state index in [0.29, 0.717) is 11.3 Å². The van der Waals surface area contributed by atoms with Gasteiger partial charge in [0, 0.05) is 24.5 Å². The van der Waals surface area contributed by atoms with Gasteiger partial charge in [-0.25, -0.2) is 0 Å². The summed E-state index contributed by atoms with van der Waals surface area (Å²) in [5, 5.41) is 12.1. The fraction of sp³-hybridized carbons (Fsp3) is 0.235. The number of nitrogens with one attached hydrogen (secondary N) is 1. The molecule has 1 heterocycles. The van der Waals surface area contributed by atoms with Crippen LogP contribution in [-0.4, -0.2) is 13.1 Å². The smallest absolute Gasteiger partial charge is 0.0992 e. The fourth-order valence-electron chi connectivity index (χ4n) is 2.63. The van der Waals surface area contributed by atoms with Crippen molar-refractivity contribution in [1.29, 1.82) is 5.26 Å². The van der Waals surface area contributed by atoms with Crippen LogP contribution in [0, 0.1) is 11.3 Å². The standard InChI is InChI=1S/C17H18N4/c18-12-13-3-8-17(16(19)11-13)20-14-4-6-15(7-5-14)21-9-1-2-10-21/h3-8,11,20H,1-2,9-10,19H2. The zero-order chi connectivity index (χ0) is 14.7. The molecule has 1 aliphatic rings. The van der Waals surface area contributed by atoms with Crippen molar-refractivity contribution in [2.45, 2.75) is 12.8 Å². The molecular weight excluding hydrogens is 260 g/mol. The molecule has 0 aliphatic carbocycles. The first-order valence-electron chi connectivity index (χ1n) is 7.18. The quantitative estimate of drug-likeness (QED) is 0.844. The average Bonchev–Trinajstić information content (AvgIpc) is 3.04. The number of nitrogen functional groups attached to an aromatic ring is 1. The molecule has 0 radical (unpaired) electrons. The molecule has 3 N–H and O–H groups in total. The van der Waals surface area contributed by atoms with Gasteiger partial charge in [-0.3, -0.25) is 0 Å². The molecule has 0 spiro atoms. The van der Waals surface area contributed by atoms with Crippen molar-refractivity contribution < 1.29 is 0 Å². The zero-order valence-electron chi connectivity index (χ0n) is 11.8. The van der Waals surface area contributed by atoms with Crippen molar-refractivity contribution in [3.8, 4) is 6.07 Å². The lowest BCUT2D eigenvalue weighted by atomic mass is 10.2. The first kappa shape index (κ1) is 13.3. The minimum Gasteiger partial charge on any atom is -0.397 e. The number of hydrogen-bond donors (Lipinski definition) is 2. The third kappa shape index (κ3) is 2.92. The SMILES string of the molecule is N#Cc1ccc(Nc2ccc(N3CCCC3)cc2)c(N)c1. The van der Waals surface area contributed by atoms with E-state index in [2.05, 4.69) is 40.6 Å². The topological polar surface area (TPSA) is 65.1 Å². The van der Waals surface area contributed by atoms with Crippen LogP contribution in [0.15, 0.2) is 42.5 Å². The first-order valence-corrected chi connectivity index (χ1v) is 7.18. The Balaban J connectivity index is 1.74. The van der Waals surface area contributed by atoms with Crippen LogP contribution in [-0.2, 0) is 0 Å². The van der Waals surface area contributed by atoms with Gasteiger partial charge in [0.2, 0.25) is 0 Å². The van der Waals surface area contributed by atoms with Crippen LogP contribution in [0.3, 0.4) is 0 Å². The predicted molar refractivity (Wildman–Crippen MR) is 86.7 cm³/mol. The molecule has 2 aromatic rings. The van der Waals surface area contributed by atoms with Crippen molar-refractivity contribution in [3.63, 3.8) is 0 Å². The lowest BCUT2D eigenvalue weighted by Gasteiger charge is -2.18. The molecule has 21 heavy (non-hydrogen) atoms. The third-order valence-corrected chi connectivity index (χ3v) is 3.80. The van der Waals surface area contributed by atoms with Gasteiger partial charge >= 0.3 is 0 Å². The summed E-state index contributed by atoms with van der Waals surface area (Å²) in [6.07, 6.45) is 2.56. The Morgan fingerprint density at radius 1 is 1.05 bits per heavy atom. The number of nitrogens with zero attached hydrogens (tertiary/aromatic N) is 2. The van der Waals surface area contributed by atoms with Crippen molar-refractivity contribution in [3.05, 3.63) is 48.0 Å². The molecule has 1 saturated heterocycles. The number of benzene rings is 2. The summed E-state index contributed by atoms with van der Waals surface area (Å²) >= 11 is 0. The minimum absolute atomic E-state index is 0.572. The second kappa shape index (κ2) is 5.76. The van der Waals surface area contributed by atoms with E-state index in [0.717, 1.165) is 24.5 Å². The molecule has 0 atom stereocenters.